The summed E-state index contributed by atoms with van der Waals surface area (Å²) in [6.07, 6.45) is -0.418. The number of fused-ring (bicyclic) bond motifs is 4. The largest absolute Gasteiger partial charge is 0.454 e. The van der Waals surface area contributed by atoms with Gasteiger partial charge in [0.25, 0.3) is 5.91 Å². The predicted molar refractivity (Wildman–Crippen MR) is 184 cm³/mol. The topological polar surface area (TPSA) is 99.8 Å². The fraction of sp³-hybridized carbons (Fsp3) is 0.282. The summed E-state index contributed by atoms with van der Waals surface area (Å²) in [4.78, 5) is 19.0. The van der Waals surface area contributed by atoms with E-state index in [1.165, 1.54) is 11.1 Å². The van der Waals surface area contributed by atoms with Crippen LogP contribution >= 0.6 is 0 Å². The van der Waals surface area contributed by atoms with Gasteiger partial charge in [0.1, 0.15) is 0 Å². The quantitative estimate of drug-likeness (QED) is 0.181. The molecule has 1 aliphatic carbocycles. The van der Waals surface area contributed by atoms with Crippen LogP contribution in [0.4, 0.5) is 13.2 Å². The maximum absolute atomic E-state index is 14.5. The lowest BCUT2D eigenvalue weighted by Gasteiger charge is -2.29. The molecule has 2 unspecified atom stereocenters. The van der Waals surface area contributed by atoms with Crippen LogP contribution in [0.3, 0.4) is 0 Å². The molecule has 5 heterocycles. The Morgan fingerprint density at radius 1 is 0.885 bits per heavy atom. The SMILES string of the molecule is CC(C)c1ccc(-c2cc(C(F)(F)F)n3nc(C(=O)N4N=C5C(=Cc6ccc7c(c6)OCO7)CCCC5C4c4ccc5c(c4)OCO5)cc3n2)cc1. The van der Waals surface area contributed by atoms with Crippen LogP contribution in [0.5, 0.6) is 23.0 Å². The van der Waals surface area contributed by atoms with Crippen molar-refractivity contribution in [2.45, 2.75) is 51.2 Å². The van der Waals surface area contributed by atoms with Gasteiger partial charge in [-0.05, 0) is 83.9 Å². The minimum Gasteiger partial charge on any atom is -0.454 e. The Morgan fingerprint density at radius 3 is 2.33 bits per heavy atom. The maximum Gasteiger partial charge on any atom is 0.433 e. The number of halogens is 3. The highest BCUT2D eigenvalue weighted by molar-refractivity contribution is 6.09. The van der Waals surface area contributed by atoms with Crippen molar-refractivity contribution < 1.29 is 36.9 Å². The van der Waals surface area contributed by atoms with Crippen molar-refractivity contribution in [3.05, 3.63) is 106 Å². The van der Waals surface area contributed by atoms with Crippen LogP contribution in [-0.4, -0.2) is 44.8 Å². The number of benzene rings is 3. The van der Waals surface area contributed by atoms with Crippen molar-refractivity contribution in [3.8, 4) is 34.3 Å². The molecule has 5 aromatic rings. The molecular weight excluding hydrogens is 675 g/mol. The van der Waals surface area contributed by atoms with Gasteiger partial charge in [0, 0.05) is 17.5 Å². The number of hydrogen-bond donors (Lipinski definition) is 0. The third-order valence-electron chi connectivity index (χ3n) is 10.00. The van der Waals surface area contributed by atoms with E-state index >= 15 is 0 Å². The molecule has 1 saturated carbocycles. The van der Waals surface area contributed by atoms with Gasteiger partial charge in [-0.3, -0.25) is 4.79 Å². The number of hydrazone groups is 1. The summed E-state index contributed by atoms with van der Waals surface area (Å²) in [5, 5.41) is 10.5. The molecule has 13 heteroatoms. The molecule has 3 aliphatic heterocycles. The van der Waals surface area contributed by atoms with Crippen LogP contribution in [0, 0.1) is 5.92 Å². The number of nitrogens with zero attached hydrogens (tertiary/aromatic N) is 5. The van der Waals surface area contributed by atoms with Gasteiger partial charge in [-0.25, -0.2) is 14.5 Å². The first kappa shape index (κ1) is 32.1. The smallest absolute Gasteiger partial charge is 0.433 e. The molecular formula is C39H32F3N5O5. The molecule has 0 N–H and O–H groups in total. The minimum absolute atomic E-state index is 0.0827. The highest BCUT2D eigenvalue weighted by Gasteiger charge is 2.45. The number of amides is 1. The van der Waals surface area contributed by atoms with Crippen LogP contribution in [-0.2, 0) is 6.18 Å². The lowest BCUT2D eigenvalue weighted by molar-refractivity contribution is -0.142. The number of carbonyl (C=O) groups excluding carboxylic acids is 1. The molecule has 3 aromatic carbocycles. The molecule has 1 fully saturated rings. The first-order valence-corrected chi connectivity index (χ1v) is 17.1. The highest BCUT2D eigenvalue weighted by Crippen LogP contribution is 2.47. The van der Waals surface area contributed by atoms with Crippen molar-refractivity contribution in [2.24, 2.45) is 11.0 Å². The lowest BCUT2D eigenvalue weighted by atomic mass is 9.77. The Balaban J connectivity index is 1.13. The van der Waals surface area contributed by atoms with E-state index in [9.17, 15) is 18.0 Å². The molecule has 2 atom stereocenters. The van der Waals surface area contributed by atoms with Gasteiger partial charge in [0.2, 0.25) is 13.6 Å². The second kappa shape index (κ2) is 12.1. The van der Waals surface area contributed by atoms with E-state index in [0.29, 0.717) is 33.1 Å². The zero-order valence-corrected chi connectivity index (χ0v) is 28.2. The number of ether oxygens (including phenoxy) is 4. The van der Waals surface area contributed by atoms with Crippen LogP contribution in [0.15, 0.2) is 83.5 Å². The van der Waals surface area contributed by atoms with Crippen LogP contribution in [0.2, 0.25) is 0 Å². The molecule has 4 aliphatic rings. The Hall–Kier alpha value is -5.85. The van der Waals surface area contributed by atoms with Gasteiger partial charge in [-0.2, -0.15) is 23.4 Å². The Labute approximate surface area is 296 Å². The van der Waals surface area contributed by atoms with Crippen molar-refractivity contribution in [1.29, 1.82) is 0 Å². The van der Waals surface area contributed by atoms with Crippen LogP contribution < -0.4 is 18.9 Å². The third-order valence-corrected chi connectivity index (χ3v) is 10.00. The monoisotopic (exact) mass is 707 g/mol. The van der Waals surface area contributed by atoms with Gasteiger partial charge < -0.3 is 18.9 Å². The summed E-state index contributed by atoms with van der Waals surface area (Å²) in [6, 6.07) is 20.2. The number of carbonyl (C=O) groups is 1. The van der Waals surface area contributed by atoms with Gasteiger partial charge in [-0.15, -0.1) is 0 Å². The maximum atomic E-state index is 14.5. The second-order valence-corrected chi connectivity index (χ2v) is 13.6. The van der Waals surface area contributed by atoms with E-state index in [1.807, 2.05) is 62.4 Å². The average Bonchev–Trinajstić information content (AvgIpc) is 3.95. The third kappa shape index (κ3) is 5.51. The first-order valence-electron chi connectivity index (χ1n) is 17.1. The predicted octanol–water partition coefficient (Wildman–Crippen LogP) is 8.43. The van der Waals surface area contributed by atoms with E-state index in [0.717, 1.165) is 53.3 Å². The molecule has 264 valence electrons. The zero-order valence-electron chi connectivity index (χ0n) is 28.2. The summed E-state index contributed by atoms with van der Waals surface area (Å²) in [5.74, 6) is 1.88. The number of allylic oxidation sites excluding steroid dienone is 1. The van der Waals surface area contributed by atoms with Crippen LogP contribution in [0.1, 0.15) is 77.9 Å². The summed E-state index contributed by atoms with van der Waals surface area (Å²) in [5.41, 5.74) is 3.70. The fourth-order valence-corrected chi connectivity index (χ4v) is 7.39. The van der Waals surface area contributed by atoms with Crippen molar-refractivity contribution in [2.75, 3.05) is 13.6 Å². The fourth-order valence-electron chi connectivity index (χ4n) is 7.39. The van der Waals surface area contributed by atoms with Gasteiger partial charge in [-0.1, -0.05) is 50.2 Å². The Bertz CT molecular complexity index is 2310. The summed E-state index contributed by atoms with van der Waals surface area (Å²) in [7, 11) is 0. The molecule has 52 heavy (non-hydrogen) atoms. The van der Waals surface area contributed by atoms with Crippen molar-refractivity contribution >= 4 is 23.3 Å². The minimum atomic E-state index is -4.77. The Kier molecular flexibility index (Phi) is 7.49. The zero-order chi connectivity index (χ0) is 35.7. The van der Waals surface area contributed by atoms with E-state index in [1.54, 1.807) is 18.2 Å². The number of rotatable bonds is 5. The molecule has 0 saturated heterocycles. The van der Waals surface area contributed by atoms with Gasteiger partial charge >= 0.3 is 6.18 Å². The van der Waals surface area contributed by atoms with Gasteiger partial charge in [0.15, 0.2) is 40.0 Å². The lowest BCUT2D eigenvalue weighted by Crippen LogP contribution is -2.32. The highest BCUT2D eigenvalue weighted by atomic mass is 19.4. The van der Waals surface area contributed by atoms with E-state index in [-0.39, 0.29) is 42.5 Å². The number of hydrogen-bond acceptors (Lipinski definition) is 8. The molecule has 0 radical (unpaired) electrons. The summed E-state index contributed by atoms with van der Waals surface area (Å²) in [6.45, 7) is 4.33. The first-order chi connectivity index (χ1) is 25.1. The standard InChI is InChI=1S/C39H32F3N5O5/c1-21(2)23-7-9-24(10-8-23)28-17-34(39(40,41)42)46-35(43-28)18-29(44-46)38(48)47-37(26-11-13-31-33(16-26)52-20-50-31)27-5-3-4-25(36(27)45-47)14-22-6-12-30-32(15-22)51-19-49-30/h6-18,21,27,37H,3-5,19-20H2,1-2H3. The van der Waals surface area contributed by atoms with Crippen LogP contribution in [0.25, 0.3) is 23.0 Å². The molecule has 2 aromatic heterocycles. The average molecular weight is 708 g/mol. The van der Waals surface area contributed by atoms with Crippen molar-refractivity contribution in [1.82, 2.24) is 19.6 Å². The van der Waals surface area contributed by atoms with E-state index in [2.05, 4.69) is 10.1 Å². The van der Waals surface area contributed by atoms with Crippen molar-refractivity contribution in [3.63, 3.8) is 0 Å². The second-order valence-electron chi connectivity index (χ2n) is 13.6. The number of aromatic nitrogens is 3. The molecule has 0 bridgehead atoms. The van der Waals surface area contributed by atoms with E-state index in [4.69, 9.17) is 24.0 Å². The summed E-state index contributed by atoms with van der Waals surface area (Å²) >= 11 is 0. The van der Waals surface area contributed by atoms with E-state index < -0.39 is 23.8 Å². The number of alkyl halides is 3. The molecule has 9 rings (SSSR count). The Morgan fingerprint density at radius 2 is 1.60 bits per heavy atom. The summed E-state index contributed by atoms with van der Waals surface area (Å²) < 4.78 is 66.6. The molecule has 0 spiro atoms. The normalized spacial score (nSPS) is 19.8. The molecule has 10 nitrogen and oxygen atoms in total. The van der Waals surface area contributed by atoms with Gasteiger partial charge in [0.05, 0.1) is 17.4 Å². The molecule has 1 amide bonds.